The smallest absolute Gasteiger partial charge is 0.207 e. The number of ether oxygens (including phenoxy) is 1. The third-order valence-corrected chi connectivity index (χ3v) is 10.1. The molecule has 0 aliphatic carbocycles. The molecule has 3 aromatic carbocycles. The van der Waals surface area contributed by atoms with E-state index in [0.29, 0.717) is 16.9 Å². The summed E-state index contributed by atoms with van der Waals surface area (Å²) in [7, 11) is 3.81. The van der Waals surface area contributed by atoms with Crippen molar-refractivity contribution >= 4 is 26.9 Å². The lowest BCUT2D eigenvalue weighted by Crippen LogP contribution is -2.55. The number of sulfone groups is 1. The van der Waals surface area contributed by atoms with E-state index in [1.807, 2.05) is 97.7 Å². The lowest BCUT2D eigenvalue weighted by atomic mass is 9.67. The van der Waals surface area contributed by atoms with Gasteiger partial charge in [0.05, 0.1) is 27.5 Å². The molecule has 4 heterocycles. The fraction of sp³-hybridized carbons (Fsp3) is 0.258. The summed E-state index contributed by atoms with van der Waals surface area (Å²) in [5.74, 6) is 0.421. The van der Waals surface area contributed by atoms with Gasteiger partial charge in [0, 0.05) is 62.5 Å². The van der Waals surface area contributed by atoms with Crippen LogP contribution < -0.4 is 14.5 Å². The third-order valence-electron chi connectivity index (χ3n) is 8.29. The van der Waals surface area contributed by atoms with Crippen LogP contribution in [-0.4, -0.2) is 53.4 Å². The van der Waals surface area contributed by atoms with Crippen LogP contribution in [0.2, 0.25) is 0 Å². The van der Waals surface area contributed by atoms with Crippen LogP contribution in [0, 0.1) is 12.8 Å². The second-order valence-electron chi connectivity index (χ2n) is 11.1. The molecule has 0 amide bonds. The SMILES string of the molecule is Cc1ccc2c(c1)C1=NN3C=CC=CC3C1C1(O2)c2ccc(N(C)C)cc2S(=O)(=O)c2cc(N(C)C)ccc21. The summed E-state index contributed by atoms with van der Waals surface area (Å²) in [6.45, 7) is 2.06. The Morgan fingerprint density at radius 1 is 0.872 bits per heavy atom. The standard InChI is InChI=1S/C31H30N4O3S/c1-19-9-14-26-22(16-19)30-29(25-8-6-7-15-35(25)32-30)31(38-26)23-12-10-20(33(2)3)17-27(23)39(36,37)28-18-21(34(4)5)11-13-24(28)31/h6-18,25,29H,1-5H3. The fourth-order valence-corrected chi connectivity index (χ4v) is 8.19. The minimum Gasteiger partial charge on any atom is -0.476 e. The van der Waals surface area contributed by atoms with Gasteiger partial charge in [0.1, 0.15) is 5.75 Å². The molecule has 7 nitrogen and oxygen atoms in total. The summed E-state index contributed by atoms with van der Waals surface area (Å²) in [5, 5.41) is 7.08. The van der Waals surface area contributed by atoms with Crippen LogP contribution in [0.25, 0.3) is 0 Å². The second kappa shape index (κ2) is 7.99. The molecule has 2 unspecified atom stereocenters. The summed E-state index contributed by atoms with van der Waals surface area (Å²) in [4.78, 5) is 4.40. The number of aryl methyl sites for hydroxylation is 1. The van der Waals surface area contributed by atoms with Gasteiger partial charge < -0.3 is 14.5 Å². The largest absolute Gasteiger partial charge is 0.476 e. The van der Waals surface area contributed by atoms with E-state index in [9.17, 15) is 8.42 Å². The maximum atomic E-state index is 14.4. The van der Waals surface area contributed by atoms with Gasteiger partial charge in [-0.05, 0) is 49.4 Å². The second-order valence-corrected chi connectivity index (χ2v) is 12.9. The van der Waals surface area contributed by atoms with Gasteiger partial charge in [0.15, 0.2) is 5.60 Å². The van der Waals surface area contributed by atoms with Crippen LogP contribution in [0.3, 0.4) is 0 Å². The van der Waals surface area contributed by atoms with Gasteiger partial charge in [-0.15, -0.1) is 0 Å². The van der Waals surface area contributed by atoms with Crippen LogP contribution in [0.15, 0.2) is 93.9 Å². The summed E-state index contributed by atoms with van der Waals surface area (Å²) < 4.78 is 35.9. The molecule has 0 saturated carbocycles. The zero-order valence-corrected chi connectivity index (χ0v) is 23.4. The average Bonchev–Trinajstić information content (AvgIpc) is 3.32. The fourth-order valence-electron chi connectivity index (χ4n) is 6.39. The molecule has 0 saturated heterocycles. The number of hydrogen-bond donors (Lipinski definition) is 0. The highest BCUT2D eigenvalue weighted by Gasteiger charge is 2.62. The molecule has 0 fully saturated rings. The van der Waals surface area contributed by atoms with Crippen molar-refractivity contribution in [3.05, 3.63) is 101 Å². The third kappa shape index (κ3) is 3.15. The van der Waals surface area contributed by atoms with Crippen LogP contribution in [-0.2, 0) is 15.4 Å². The average molecular weight is 539 g/mol. The van der Waals surface area contributed by atoms with Gasteiger partial charge in [-0.1, -0.05) is 35.9 Å². The highest BCUT2D eigenvalue weighted by Crippen LogP contribution is 2.58. The monoisotopic (exact) mass is 538 g/mol. The van der Waals surface area contributed by atoms with Crippen molar-refractivity contribution in [2.75, 3.05) is 38.0 Å². The molecule has 4 aliphatic rings. The van der Waals surface area contributed by atoms with E-state index in [1.54, 1.807) is 12.1 Å². The van der Waals surface area contributed by atoms with Crippen molar-refractivity contribution in [3.63, 3.8) is 0 Å². The molecule has 198 valence electrons. The highest BCUT2D eigenvalue weighted by molar-refractivity contribution is 7.91. The van der Waals surface area contributed by atoms with Gasteiger partial charge in [0.25, 0.3) is 0 Å². The Morgan fingerprint density at radius 3 is 2.13 bits per heavy atom. The van der Waals surface area contributed by atoms with E-state index in [0.717, 1.165) is 28.2 Å². The number of rotatable bonds is 2. The van der Waals surface area contributed by atoms with Crippen LogP contribution in [0.1, 0.15) is 22.3 Å². The Bertz CT molecular complexity index is 1690. The first-order valence-electron chi connectivity index (χ1n) is 13.0. The van der Waals surface area contributed by atoms with Crippen molar-refractivity contribution in [2.24, 2.45) is 11.0 Å². The van der Waals surface area contributed by atoms with Gasteiger partial charge in [0.2, 0.25) is 9.84 Å². The predicted octanol–water partition coefficient (Wildman–Crippen LogP) is 4.70. The van der Waals surface area contributed by atoms with E-state index in [2.05, 4.69) is 19.1 Å². The van der Waals surface area contributed by atoms with E-state index < -0.39 is 15.4 Å². The molecule has 0 N–H and O–H groups in total. The number of hydrazone groups is 1. The summed E-state index contributed by atoms with van der Waals surface area (Å²) in [5.41, 5.74) is 4.78. The molecule has 0 bridgehead atoms. The number of fused-ring (bicyclic) bond motifs is 10. The minimum atomic E-state index is -3.85. The van der Waals surface area contributed by atoms with E-state index in [4.69, 9.17) is 9.84 Å². The Balaban J connectivity index is 1.62. The maximum Gasteiger partial charge on any atom is 0.207 e. The predicted molar refractivity (Wildman–Crippen MR) is 154 cm³/mol. The van der Waals surface area contributed by atoms with Crippen molar-refractivity contribution in [3.8, 4) is 5.75 Å². The molecule has 4 aliphatic heterocycles. The van der Waals surface area contributed by atoms with Crippen molar-refractivity contribution in [1.29, 1.82) is 0 Å². The lowest BCUT2D eigenvalue weighted by Gasteiger charge is -2.49. The zero-order chi connectivity index (χ0) is 27.3. The van der Waals surface area contributed by atoms with E-state index >= 15 is 0 Å². The number of anilines is 2. The molecular formula is C31H30N4O3S. The van der Waals surface area contributed by atoms with E-state index in [-0.39, 0.29) is 21.8 Å². The zero-order valence-electron chi connectivity index (χ0n) is 22.6. The van der Waals surface area contributed by atoms with Gasteiger partial charge in [-0.3, -0.25) is 5.01 Å². The van der Waals surface area contributed by atoms with Gasteiger partial charge in [-0.25, -0.2) is 8.42 Å². The summed E-state index contributed by atoms with van der Waals surface area (Å²) in [6, 6.07) is 17.4. The Kier molecular flexibility index (Phi) is 4.92. The molecule has 0 radical (unpaired) electrons. The lowest BCUT2D eigenvalue weighted by molar-refractivity contribution is 0.0428. The number of allylic oxidation sites excluding steroid dienone is 2. The topological polar surface area (TPSA) is 65.5 Å². The maximum absolute atomic E-state index is 14.4. The number of nitrogens with zero attached hydrogens (tertiary/aromatic N) is 4. The van der Waals surface area contributed by atoms with Crippen molar-refractivity contribution in [2.45, 2.75) is 28.4 Å². The molecule has 1 spiro atoms. The first-order chi connectivity index (χ1) is 18.6. The summed E-state index contributed by atoms with van der Waals surface area (Å²) in [6.07, 6.45) is 8.12. The Morgan fingerprint density at radius 2 is 1.51 bits per heavy atom. The van der Waals surface area contributed by atoms with Crippen LogP contribution in [0.4, 0.5) is 11.4 Å². The molecule has 8 heteroatoms. The minimum absolute atomic E-state index is 0.137. The number of benzene rings is 3. The molecule has 7 rings (SSSR count). The van der Waals surface area contributed by atoms with Crippen LogP contribution >= 0.6 is 0 Å². The quantitative estimate of drug-likeness (QED) is 0.472. The van der Waals surface area contributed by atoms with Gasteiger partial charge >= 0.3 is 0 Å². The normalized spacial score (nSPS) is 22.2. The summed E-state index contributed by atoms with van der Waals surface area (Å²) >= 11 is 0. The van der Waals surface area contributed by atoms with Crippen LogP contribution in [0.5, 0.6) is 5.75 Å². The first-order valence-corrected chi connectivity index (χ1v) is 14.5. The molecule has 2 atom stereocenters. The molecule has 0 aromatic heterocycles. The van der Waals surface area contributed by atoms with Gasteiger partial charge in [-0.2, -0.15) is 5.10 Å². The first kappa shape index (κ1) is 24.0. The molecule has 39 heavy (non-hydrogen) atoms. The molecular weight excluding hydrogens is 508 g/mol. The molecule has 3 aromatic rings. The Labute approximate surface area is 229 Å². The highest BCUT2D eigenvalue weighted by atomic mass is 32.2. The van der Waals surface area contributed by atoms with E-state index in [1.165, 1.54) is 0 Å². The Hall–Kier alpha value is -4.04. The number of hydrogen-bond acceptors (Lipinski definition) is 7. The van der Waals surface area contributed by atoms with Crippen molar-refractivity contribution in [1.82, 2.24) is 5.01 Å². The van der Waals surface area contributed by atoms with Crippen molar-refractivity contribution < 1.29 is 13.2 Å².